The highest BCUT2D eigenvalue weighted by atomic mass is 32.2. The van der Waals surface area contributed by atoms with E-state index < -0.39 is 0 Å². The van der Waals surface area contributed by atoms with Crippen molar-refractivity contribution in [3.8, 4) is 12.3 Å². The van der Waals surface area contributed by atoms with Crippen LogP contribution in [-0.4, -0.2) is 66.0 Å². The van der Waals surface area contributed by atoms with Crippen LogP contribution in [0.25, 0.3) is 10.8 Å². The number of hydrogen-bond donors (Lipinski definition) is 2. The first kappa shape index (κ1) is 25.0. The number of benzene rings is 2. The number of nitrogens with zero attached hydrogens (tertiary/aromatic N) is 2. The average Bonchev–Trinajstić information content (AvgIpc) is 2.85. The topological polar surface area (TPSA) is 64.7 Å². The van der Waals surface area contributed by atoms with E-state index in [-0.39, 0.29) is 49.3 Å². The molecule has 8 heteroatoms. The number of piperidine rings is 1. The molecule has 2 aromatic rings. The lowest BCUT2D eigenvalue weighted by Gasteiger charge is -2.40. The molecule has 0 radical (unpaired) electrons. The fourth-order valence-corrected chi connectivity index (χ4v) is 5.09. The smallest absolute Gasteiger partial charge is 0.240 e. The molecular weight excluding hydrogens is 439 g/mol. The monoisotopic (exact) mass is 470 g/mol. The zero-order chi connectivity index (χ0) is 23.8. The maximum atomic E-state index is 14.2. The van der Waals surface area contributed by atoms with Gasteiger partial charge in [-0.15, -0.1) is 6.42 Å². The number of terminal acetylenes is 1. The van der Waals surface area contributed by atoms with Crippen molar-refractivity contribution in [3.05, 3.63) is 47.8 Å². The molecule has 3 rings (SSSR count). The van der Waals surface area contributed by atoms with Crippen LogP contribution >= 0.6 is 11.9 Å². The molecule has 0 aromatic heterocycles. The van der Waals surface area contributed by atoms with Crippen molar-refractivity contribution >= 4 is 34.5 Å². The van der Waals surface area contributed by atoms with Crippen molar-refractivity contribution in [1.29, 1.82) is 0 Å². The average molecular weight is 471 g/mol. The molecule has 1 fully saturated rings. The summed E-state index contributed by atoms with van der Waals surface area (Å²) in [5, 5.41) is 6.79. The third kappa shape index (κ3) is 6.47. The molecule has 33 heavy (non-hydrogen) atoms. The van der Waals surface area contributed by atoms with E-state index in [2.05, 4.69) is 32.7 Å². The Morgan fingerprint density at radius 1 is 1.18 bits per heavy atom. The van der Waals surface area contributed by atoms with E-state index in [0.717, 1.165) is 36.9 Å². The molecule has 1 saturated heterocycles. The van der Waals surface area contributed by atoms with Crippen LogP contribution in [0.15, 0.2) is 36.4 Å². The number of carbonyl (C=O) groups is 2. The molecule has 176 valence electrons. The van der Waals surface area contributed by atoms with Crippen LogP contribution in [-0.2, 0) is 9.59 Å². The lowest BCUT2D eigenvalue weighted by molar-refractivity contribution is -0.126. The number of amides is 2. The second-order valence-corrected chi connectivity index (χ2v) is 8.97. The Balaban J connectivity index is 1.54. The number of likely N-dealkylation sites (tertiary alicyclic amines) is 1. The predicted octanol–water partition coefficient (Wildman–Crippen LogP) is 2.95. The van der Waals surface area contributed by atoms with Crippen molar-refractivity contribution < 1.29 is 14.0 Å². The first-order valence-electron chi connectivity index (χ1n) is 11.1. The van der Waals surface area contributed by atoms with Gasteiger partial charge in [-0.2, -0.15) is 0 Å². The van der Waals surface area contributed by atoms with Gasteiger partial charge in [-0.05, 0) is 43.0 Å². The van der Waals surface area contributed by atoms with Gasteiger partial charge < -0.3 is 10.6 Å². The minimum Gasteiger partial charge on any atom is -0.346 e. The van der Waals surface area contributed by atoms with Gasteiger partial charge in [0.15, 0.2) is 0 Å². The second kappa shape index (κ2) is 12.0. The molecule has 1 aliphatic rings. The number of carbonyl (C=O) groups excluding carboxylic acids is 2. The fraction of sp³-hybridized carbons (Fsp3) is 0.440. The molecule has 2 aromatic carbocycles. The molecule has 1 atom stereocenters. The van der Waals surface area contributed by atoms with Gasteiger partial charge in [0.1, 0.15) is 5.82 Å². The molecule has 0 bridgehead atoms. The van der Waals surface area contributed by atoms with E-state index in [1.807, 2.05) is 36.6 Å². The number of rotatable bonds is 9. The molecular formula is C25H31FN4O2S. The summed E-state index contributed by atoms with van der Waals surface area (Å²) in [6.45, 7) is 4.26. The largest absolute Gasteiger partial charge is 0.346 e. The summed E-state index contributed by atoms with van der Waals surface area (Å²) in [7, 11) is 0. The zero-order valence-corrected chi connectivity index (χ0v) is 20.0. The van der Waals surface area contributed by atoms with E-state index in [1.54, 1.807) is 18.0 Å². The van der Waals surface area contributed by atoms with E-state index in [1.165, 1.54) is 0 Å². The predicted molar refractivity (Wildman–Crippen MR) is 132 cm³/mol. The van der Waals surface area contributed by atoms with Crippen LogP contribution in [0.3, 0.4) is 0 Å². The molecule has 1 unspecified atom stereocenters. The first-order valence-corrected chi connectivity index (χ1v) is 12.3. The maximum absolute atomic E-state index is 14.2. The molecule has 1 heterocycles. The summed E-state index contributed by atoms with van der Waals surface area (Å²) in [4.78, 5) is 26.4. The first-order chi connectivity index (χ1) is 15.9. The Kier molecular flexibility index (Phi) is 9.12. The summed E-state index contributed by atoms with van der Waals surface area (Å²) in [6, 6.07) is 11.5. The Hall–Kier alpha value is -2.60. The summed E-state index contributed by atoms with van der Waals surface area (Å²) < 4.78 is 16.3. The zero-order valence-electron chi connectivity index (χ0n) is 19.1. The van der Waals surface area contributed by atoms with Crippen LogP contribution in [0.1, 0.15) is 31.4 Å². The van der Waals surface area contributed by atoms with E-state index in [9.17, 15) is 14.0 Å². The summed E-state index contributed by atoms with van der Waals surface area (Å²) in [5.74, 6) is 1.65. The number of fused-ring (bicyclic) bond motifs is 1. The van der Waals surface area contributed by atoms with Gasteiger partial charge in [-0.3, -0.25) is 14.5 Å². The van der Waals surface area contributed by atoms with Crippen molar-refractivity contribution in [2.75, 3.05) is 39.0 Å². The minimum absolute atomic E-state index is 0.0790. The van der Waals surface area contributed by atoms with Crippen LogP contribution in [0.4, 0.5) is 4.39 Å². The summed E-state index contributed by atoms with van der Waals surface area (Å²) >= 11 is 1.55. The minimum atomic E-state index is -0.299. The van der Waals surface area contributed by atoms with E-state index in [4.69, 9.17) is 6.42 Å². The molecule has 6 nitrogen and oxygen atoms in total. The van der Waals surface area contributed by atoms with Crippen LogP contribution in [0, 0.1) is 18.2 Å². The highest BCUT2D eigenvalue weighted by molar-refractivity contribution is 7.96. The van der Waals surface area contributed by atoms with Gasteiger partial charge >= 0.3 is 0 Å². The maximum Gasteiger partial charge on any atom is 0.240 e. The molecule has 0 aliphatic carbocycles. The van der Waals surface area contributed by atoms with Gasteiger partial charge in [-0.1, -0.05) is 48.2 Å². The molecule has 1 aliphatic heterocycles. The molecule has 0 saturated carbocycles. The van der Waals surface area contributed by atoms with E-state index in [0.29, 0.717) is 5.39 Å². The fourth-order valence-electron chi connectivity index (χ4n) is 4.34. The van der Waals surface area contributed by atoms with E-state index >= 15 is 0 Å². The van der Waals surface area contributed by atoms with Crippen LogP contribution in [0.5, 0.6) is 0 Å². The van der Waals surface area contributed by atoms with Gasteiger partial charge in [0, 0.05) is 30.6 Å². The normalized spacial score (nSPS) is 15.8. The van der Waals surface area contributed by atoms with Crippen molar-refractivity contribution in [1.82, 2.24) is 19.8 Å². The SMILES string of the molecule is C#CCNC(=O)CNC(=O)CN(SC)C1CCN(C(C)c2ccc(F)c3ccccc23)CC1. The second-order valence-electron chi connectivity index (χ2n) is 8.14. The quantitative estimate of drug-likeness (QED) is 0.436. The van der Waals surface area contributed by atoms with Crippen LogP contribution in [0.2, 0.25) is 0 Å². The number of nitrogens with one attached hydrogen (secondary N) is 2. The van der Waals surface area contributed by atoms with Gasteiger partial charge in [-0.25, -0.2) is 8.70 Å². The Morgan fingerprint density at radius 3 is 2.55 bits per heavy atom. The highest BCUT2D eigenvalue weighted by Crippen LogP contribution is 2.32. The van der Waals surface area contributed by atoms with Crippen molar-refractivity contribution in [2.45, 2.75) is 31.8 Å². The standard InChI is InChI=1S/C25H31FN4O2S/c1-4-13-27-24(31)16-28-25(32)17-30(33-3)19-11-14-29(15-12-19)18(2)20-9-10-23(26)22-8-6-5-7-21(20)22/h1,5-10,18-19H,11-17H2,2-3H3,(H,27,31)(H,28,32). The summed E-state index contributed by atoms with van der Waals surface area (Å²) in [6.07, 6.45) is 8.94. The highest BCUT2D eigenvalue weighted by Gasteiger charge is 2.29. The lowest BCUT2D eigenvalue weighted by atomic mass is 9.96. The Bertz CT molecular complexity index is 1020. The number of hydrogen-bond acceptors (Lipinski definition) is 5. The van der Waals surface area contributed by atoms with Gasteiger partial charge in [0.05, 0.1) is 19.6 Å². The van der Waals surface area contributed by atoms with Gasteiger partial charge in [0.25, 0.3) is 0 Å². The Morgan fingerprint density at radius 2 is 1.88 bits per heavy atom. The molecule has 2 N–H and O–H groups in total. The molecule has 2 amide bonds. The van der Waals surface area contributed by atoms with Crippen molar-refractivity contribution in [2.24, 2.45) is 0 Å². The summed E-state index contributed by atoms with van der Waals surface area (Å²) in [5.41, 5.74) is 1.13. The molecule has 0 spiro atoms. The van der Waals surface area contributed by atoms with Gasteiger partial charge in [0.2, 0.25) is 11.8 Å². The lowest BCUT2D eigenvalue weighted by Crippen LogP contribution is -2.47. The third-order valence-electron chi connectivity index (χ3n) is 6.18. The Labute approximate surface area is 199 Å². The van der Waals surface area contributed by atoms with Crippen LogP contribution < -0.4 is 10.6 Å². The third-order valence-corrected chi connectivity index (χ3v) is 7.07. The van der Waals surface area contributed by atoms with Crippen molar-refractivity contribution in [3.63, 3.8) is 0 Å². The number of halogens is 1.